The Morgan fingerprint density at radius 2 is 1.60 bits per heavy atom. The van der Waals surface area contributed by atoms with Gasteiger partial charge in [-0.3, -0.25) is 4.79 Å². The average molecular weight is 264 g/mol. The number of anilines is 1. The van der Waals surface area contributed by atoms with E-state index in [1.807, 2.05) is 48.5 Å². The van der Waals surface area contributed by atoms with Crippen molar-refractivity contribution in [1.82, 2.24) is 4.98 Å². The maximum absolute atomic E-state index is 12.0. The van der Waals surface area contributed by atoms with Gasteiger partial charge in [-0.15, -0.1) is 0 Å². The first-order chi connectivity index (χ1) is 9.83. The van der Waals surface area contributed by atoms with E-state index in [4.69, 9.17) is 4.42 Å². The van der Waals surface area contributed by atoms with Gasteiger partial charge in [0.1, 0.15) is 0 Å². The summed E-state index contributed by atoms with van der Waals surface area (Å²) in [6, 6.07) is 18.7. The van der Waals surface area contributed by atoms with Gasteiger partial charge in [-0.05, 0) is 12.1 Å². The van der Waals surface area contributed by atoms with Crippen LogP contribution < -0.4 is 5.32 Å². The van der Waals surface area contributed by atoms with Crippen LogP contribution in [-0.2, 0) is 0 Å². The van der Waals surface area contributed by atoms with Crippen molar-refractivity contribution in [3.8, 4) is 11.3 Å². The van der Waals surface area contributed by atoms with E-state index in [1.54, 1.807) is 18.3 Å². The van der Waals surface area contributed by atoms with E-state index < -0.39 is 0 Å². The van der Waals surface area contributed by atoms with Crippen molar-refractivity contribution < 1.29 is 9.21 Å². The molecule has 1 heterocycles. The number of hydrogen-bond acceptors (Lipinski definition) is 3. The molecule has 1 amide bonds. The van der Waals surface area contributed by atoms with Crippen molar-refractivity contribution >= 4 is 11.6 Å². The number of rotatable bonds is 3. The second-order valence-corrected chi connectivity index (χ2v) is 4.22. The fraction of sp³-hybridized carbons (Fsp3) is 0. The Balaban J connectivity index is 1.79. The third-order valence-electron chi connectivity index (χ3n) is 2.79. The zero-order valence-electron chi connectivity index (χ0n) is 10.6. The third kappa shape index (κ3) is 2.59. The highest BCUT2D eigenvalue weighted by Gasteiger charge is 2.14. The Morgan fingerprint density at radius 1 is 0.950 bits per heavy atom. The summed E-state index contributed by atoms with van der Waals surface area (Å²) < 4.78 is 5.48. The average Bonchev–Trinajstić information content (AvgIpc) is 2.99. The van der Waals surface area contributed by atoms with Gasteiger partial charge in [0.05, 0.1) is 6.20 Å². The molecule has 3 rings (SSSR count). The van der Waals surface area contributed by atoms with E-state index in [2.05, 4.69) is 10.3 Å². The molecule has 0 saturated heterocycles. The van der Waals surface area contributed by atoms with Crippen LogP contribution in [0.15, 0.2) is 71.3 Å². The van der Waals surface area contributed by atoms with Crippen LogP contribution in [0.1, 0.15) is 10.7 Å². The first kappa shape index (κ1) is 12.2. The molecule has 3 aromatic rings. The molecule has 4 heteroatoms. The first-order valence-corrected chi connectivity index (χ1v) is 6.20. The Bertz CT molecular complexity index is 706. The molecule has 1 N–H and O–H groups in total. The minimum atomic E-state index is -0.363. The summed E-state index contributed by atoms with van der Waals surface area (Å²) in [4.78, 5) is 16.0. The Hall–Kier alpha value is -2.88. The molecule has 0 bridgehead atoms. The van der Waals surface area contributed by atoms with E-state index in [9.17, 15) is 4.79 Å². The molecule has 0 aliphatic rings. The van der Waals surface area contributed by atoms with Crippen LogP contribution in [0, 0.1) is 0 Å². The predicted octanol–water partition coefficient (Wildman–Crippen LogP) is 3.59. The Morgan fingerprint density at radius 3 is 2.30 bits per heavy atom. The third-order valence-corrected chi connectivity index (χ3v) is 2.79. The largest absolute Gasteiger partial charge is 0.432 e. The van der Waals surface area contributed by atoms with Crippen molar-refractivity contribution in [3.63, 3.8) is 0 Å². The van der Waals surface area contributed by atoms with Crippen molar-refractivity contribution in [2.75, 3.05) is 5.32 Å². The monoisotopic (exact) mass is 264 g/mol. The molecule has 0 atom stereocenters. The molecule has 0 spiro atoms. The minimum Gasteiger partial charge on any atom is -0.432 e. The van der Waals surface area contributed by atoms with Crippen LogP contribution in [0.2, 0.25) is 0 Å². The molecule has 20 heavy (non-hydrogen) atoms. The fourth-order valence-corrected chi connectivity index (χ4v) is 1.82. The first-order valence-electron chi connectivity index (χ1n) is 6.20. The zero-order chi connectivity index (χ0) is 13.8. The molecule has 2 aromatic carbocycles. The number of oxazole rings is 1. The van der Waals surface area contributed by atoms with Crippen LogP contribution in [0.4, 0.5) is 5.69 Å². The fourth-order valence-electron chi connectivity index (χ4n) is 1.82. The lowest BCUT2D eigenvalue weighted by Gasteiger charge is -2.01. The quantitative estimate of drug-likeness (QED) is 0.786. The summed E-state index contributed by atoms with van der Waals surface area (Å²) in [6.07, 6.45) is 1.55. The molecule has 0 radical (unpaired) electrons. The maximum Gasteiger partial charge on any atom is 0.311 e. The molecule has 0 saturated carbocycles. The summed E-state index contributed by atoms with van der Waals surface area (Å²) in [5.41, 5.74) is 1.59. The van der Waals surface area contributed by atoms with Crippen molar-refractivity contribution in [1.29, 1.82) is 0 Å². The number of hydrogen-bond donors (Lipinski definition) is 1. The van der Waals surface area contributed by atoms with Crippen LogP contribution >= 0.6 is 0 Å². The van der Waals surface area contributed by atoms with Crippen LogP contribution in [-0.4, -0.2) is 10.9 Å². The van der Waals surface area contributed by atoms with Crippen LogP contribution in [0.25, 0.3) is 11.3 Å². The molecule has 0 fully saturated rings. The van der Waals surface area contributed by atoms with E-state index in [0.29, 0.717) is 11.4 Å². The van der Waals surface area contributed by atoms with Gasteiger partial charge in [-0.25, -0.2) is 4.98 Å². The highest BCUT2D eigenvalue weighted by Crippen LogP contribution is 2.20. The normalized spacial score (nSPS) is 10.2. The topological polar surface area (TPSA) is 55.1 Å². The number of carbonyl (C=O) groups excluding carboxylic acids is 1. The summed E-state index contributed by atoms with van der Waals surface area (Å²) in [6.45, 7) is 0. The molecular weight excluding hydrogens is 252 g/mol. The van der Waals surface area contributed by atoms with E-state index in [0.717, 1.165) is 5.56 Å². The molecule has 0 aliphatic carbocycles. The SMILES string of the molecule is O=C(Nc1ccccc1)c1ncc(-c2ccccc2)o1. The minimum absolute atomic E-state index is 0.0488. The van der Waals surface area contributed by atoms with Crippen LogP contribution in [0.5, 0.6) is 0 Å². The lowest BCUT2D eigenvalue weighted by Crippen LogP contribution is -2.11. The van der Waals surface area contributed by atoms with Gasteiger partial charge >= 0.3 is 5.91 Å². The highest BCUT2D eigenvalue weighted by atomic mass is 16.4. The Kier molecular flexibility index (Phi) is 3.29. The summed E-state index contributed by atoms with van der Waals surface area (Å²) in [5.74, 6) is 0.259. The zero-order valence-corrected chi connectivity index (χ0v) is 10.6. The smallest absolute Gasteiger partial charge is 0.311 e. The number of carbonyl (C=O) groups is 1. The second-order valence-electron chi connectivity index (χ2n) is 4.22. The van der Waals surface area contributed by atoms with Gasteiger partial charge in [-0.1, -0.05) is 48.5 Å². The standard InChI is InChI=1S/C16H12N2O2/c19-15(18-13-9-5-2-6-10-13)16-17-11-14(20-16)12-7-3-1-4-8-12/h1-11H,(H,18,19). The number of benzene rings is 2. The van der Waals surface area contributed by atoms with Crippen molar-refractivity contribution in [3.05, 3.63) is 72.8 Å². The van der Waals surface area contributed by atoms with Crippen LogP contribution in [0.3, 0.4) is 0 Å². The number of nitrogens with one attached hydrogen (secondary N) is 1. The van der Waals surface area contributed by atoms with E-state index in [1.165, 1.54) is 0 Å². The van der Waals surface area contributed by atoms with Gasteiger partial charge in [-0.2, -0.15) is 0 Å². The molecule has 1 aromatic heterocycles. The molecular formula is C16H12N2O2. The molecule has 4 nitrogen and oxygen atoms in total. The molecule has 98 valence electrons. The van der Waals surface area contributed by atoms with Crippen molar-refractivity contribution in [2.24, 2.45) is 0 Å². The van der Waals surface area contributed by atoms with Gasteiger partial charge in [0.2, 0.25) is 0 Å². The highest BCUT2D eigenvalue weighted by molar-refractivity contribution is 6.01. The number of para-hydroxylation sites is 1. The second kappa shape index (κ2) is 5.40. The summed E-state index contributed by atoms with van der Waals surface area (Å²) >= 11 is 0. The lowest BCUT2D eigenvalue weighted by atomic mass is 10.2. The van der Waals surface area contributed by atoms with Gasteiger partial charge < -0.3 is 9.73 Å². The maximum atomic E-state index is 12.0. The van der Waals surface area contributed by atoms with Gasteiger partial charge in [0, 0.05) is 11.3 Å². The molecule has 0 unspecified atom stereocenters. The van der Waals surface area contributed by atoms with Crippen molar-refractivity contribution in [2.45, 2.75) is 0 Å². The molecule has 0 aliphatic heterocycles. The number of nitrogens with zero attached hydrogens (tertiary/aromatic N) is 1. The summed E-state index contributed by atoms with van der Waals surface area (Å²) in [7, 11) is 0. The summed E-state index contributed by atoms with van der Waals surface area (Å²) in [5, 5.41) is 2.73. The van der Waals surface area contributed by atoms with E-state index >= 15 is 0 Å². The van der Waals surface area contributed by atoms with E-state index in [-0.39, 0.29) is 11.8 Å². The Labute approximate surface area is 116 Å². The predicted molar refractivity (Wildman–Crippen MR) is 76.3 cm³/mol. The number of aromatic nitrogens is 1. The number of amides is 1. The van der Waals surface area contributed by atoms with Gasteiger partial charge in [0.15, 0.2) is 5.76 Å². The lowest BCUT2D eigenvalue weighted by molar-refractivity contribution is 0.0991. The van der Waals surface area contributed by atoms with Gasteiger partial charge in [0.25, 0.3) is 5.89 Å².